The Bertz CT molecular complexity index is 1490. The van der Waals surface area contributed by atoms with Crippen LogP contribution in [0.15, 0.2) is 72.8 Å². The number of hydrogen-bond acceptors (Lipinski definition) is 6. The Labute approximate surface area is 284 Å². The van der Waals surface area contributed by atoms with Crippen LogP contribution in [-0.4, -0.2) is 10.2 Å². The molecule has 2 N–H and O–H groups in total. The summed E-state index contributed by atoms with van der Waals surface area (Å²) >= 11 is 0. The van der Waals surface area contributed by atoms with E-state index < -0.39 is 7.82 Å². The number of aryl methyl sites for hydroxylation is 8. The quantitative estimate of drug-likeness (QED) is 0.154. The van der Waals surface area contributed by atoms with E-state index in [0.29, 0.717) is 0 Å². The molecule has 44 heavy (non-hydrogen) atoms. The standard InChI is InChI=1S/C36H43O6P.Na/c1-5-25-21-33(37)17-13-29(25)9-11-31-15-19-35(23-27(31)7-3)41-43(39,40)42-36-20-16-32(28(8-4)24-36)12-10-30-14-18-34(38)22-26(30)6-2;/h13-24,37-38H,5-12H2,1-4H3,(H,39,40);/q;+1/p-1. The van der Waals surface area contributed by atoms with E-state index in [-0.39, 0.29) is 52.6 Å². The van der Waals surface area contributed by atoms with Crippen LogP contribution in [0.3, 0.4) is 0 Å². The van der Waals surface area contributed by atoms with Crippen molar-refractivity contribution < 1.29 is 58.3 Å². The zero-order valence-electron chi connectivity index (χ0n) is 26.6. The van der Waals surface area contributed by atoms with Gasteiger partial charge in [-0.2, -0.15) is 0 Å². The van der Waals surface area contributed by atoms with Gasteiger partial charge in [0.1, 0.15) is 23.0 Å². The van der Waals surface area contributed by atoms with Crippen molar-refractivity contribution in [3.05, 3.63) is 117 Å². The van der Waals surface area contributed by atoms with Crippen LogP contribution < -0.4 is 43.5 Å². The van der Waals surface area contributed by atoms with Gasteiger partial charge in [0.15, 0.2) is 0 Å². The third-order valence-electron chi connectivity index (χ3n) is 8.02. The van der Waals surface area contributed by atoms with Gasteiger partial charge < -0.3 is 24.2 Å². The zero-order valence-corrected chi connectivity index (χ0v) is 29.5. The van der Waals surface area contributed by atoms with Gasteiger partial charge in [0.05, 0.1) is 0 Å². The van der Waals surface area contributed by atoms with Gasteiger partial charge in [0, 0.05) is 0 Å². The van der Waals surface area contributed by atoms with Gasteiger partial charge in [-0.15, -0.1) is 0 Å². The zero-order chi connectivity index (χ0) is 31.0. The van der Waals surface area contributed by atoms with Crippen molar-refractivity contribution in [3.63, 3.8) is 0 Å². The Balaban J connectivity index is 0.00000529. The summed E-state index contributed by atoms with van der Waals surface area (Å²) in [7, 11) is -4.68. The summed E-state index contributed by atoms with van der Waals surface area (Å²) in [6, 6.07) is 21.7. The molecule has 0 amide bonds. The van der Waals surface area contributed by atoms with Crippen molar-refractivity contribution in [2.24, 2.45) is 0 Å². The minimum Gasteiger partial charge on any atom is -0.736 e. The second-order valence-corrected chi connectivity index (χ2v) is 12.1. The van der Waals surface area contributed by atoms with E-state index in [1.807, 2.05) is 50.2 Å². The Kier molecular flexibility index (Phi) is 13.4. The van der Waals surface area contributed by atoms with E-state index in [0.717, 1.165) is 84.7 Å². The number of hydrogen-bond donors (Lipinski definition) is 2. The summed E-state index contributed by atoms with van der Waals surface area (Å²) in [6.45, 7) is 8.22. The number of phosphoric ester groups is 1. The van der Waals surface area contributed by atoms with Crippen LogP contribution >= 0.6 is 7.82 Å². The van der Waals surface area contributed by atoms with Crippen LogP contribution in [0, 0.1) is 0 Å². The molecule has 228 valence electrons. The molecule has 4 rings (SSSR count). The van der Waals surface area contributed by atoms with Gasteiger partial charge in [-0.05, 0) is 144 Å². The van der Waals surface area contributed by atoms with Crippen LogP contribution in [-0.2, 0) is 55.9 Å². The first-order valence-electron chi connectivity index (χ1n) is 15.2. The normalized spacial score (nSPS) is 11.2. The predicted molar refractivity (Wildman–Crippen MR) is 170 cm³/mol. The van der Waals surface area contributed by atoms with Gasteiger partial charge in [-0.25, -0.2) is 4.57 Å². The summed E-state index contributed by atoms with van der Waals surface area (Å²) in [5.74, 6) is 1.01. The van der Waals surface area contributed by atoms with Crippen LogP contribution in [0.25, 0.3) is 0 Å². The molecule has 0 aromatic heterocycles. The van der Waals surface area contributed by atoms with Crippen LogP contribution in [0.1, 0.15) is 72.2 Å². The topological polar surface area (TPSA) is 99.1 Å². The summed E-state index contributed by atoms with van der Waals surface area (Å²) in [5, 5.41) is 19.6. The first-order valence-corrected chi connectivity index (χ1v) is 16.7. The molecular formula is C36H42NaO6P. The predicted octanol–water partition coefficient (Wildman–Crippen LogP) is 4.85. The van der Waals surface area contributed by atoms with E-state index in [9.17, 15) is 19.7 Å². The molecule has 0 bridgehead atoms. The first kappa shape index (κ1) is 35.7. The molecule has 0 saturated heterocycles. The largest absolute Gasteiger partial charge is 1.00 e. The molecule has 4 aromatic rings. The number of phosphoric acid groups is 1. The maximum atomic E-state index is 12.9. The summed E-state index contributed by atoms with van der Waals surface area (Å²) in [5.41, 5.74) is 8.96. The Morgan fingerprint density at radius 1 is 0.523 bits per heavy atom. The molecule has 0 aliphatic rings. The number of aromatic hydroxyl groups is 2. The number of benzene rings is 4. The smallest absolute Gasteiger partial charge is 0.736 e. The van der Waals surface area contributed by atoms with Gasteiger partial charge in [0.25, 0.3) is 0 Å². The fourth-order valence-corrected chi connectivity index (χ4v) is 6.43. The summed E-state index contributed by atoms with van der Waals surface area (Å²) in [4.78, 5) is 12.9. The average Bonchev–Trinajstić information content (AvgIpc) is 2.99. The van der Waals surface area contributed by atoms with Crippen molar-refractivity contribution >= 4 is 7.82 Å². The van der Waals surface area contributed by atoms with Gasteiger partial charge >= 0.3 is 37.4 Å². The van der Waals surface area contributed by atoms with E-state index >= 15 is 0 Å². The Morgan fingerprint density at radius 3 is 1.14 bits per heavy atom. The van der Waals surface area contributed by atoms with Crippen LogP contribution in [0.4, 0.5) is 0 Å². The molecule has 6 nitrogen and oxygen atoms in total. The van der Waals surface area contributed by atoms with E-state index in [1.54, 1.807) is 36.4 Å². The van der Waals surface area contributed by atoms with E-state index in [4.69, 9.17) is 9.05 Å². The molecule has 0 heterocycles. The Hall–Kier alpha value is -2.73. The minimum absolute atomic E-state index is 0. The van der Waals surface area contributed by atoms with Gasteiger partial charge in [0.2, 0.25) is 0 Å². The summed E-state index contributed by atoms with van der Waals surface area (Å²) < 4.78 is 23.7. The molecule has 0 spiro atoms. The SMILES string of the molecule is CCc1cc(O)ccc1CCc1ccc(OP(=O)([O-])Oc2ccc(CCc3ccc(O)cc3CC)c(CC)c2)cc1CC.[Na+]. The first-order chi connectivity index (χ1) is 20.6. The average molecular weight is 625 g/mol. The second kappa shape index (κ2) is 16.5. The number of phenolic OH excluding ortho intramolecular Hbond substituents is 2. The molecule has 4 aromatic carbocycles. The van der Waals surface area contributed by atoms with E-state index in [1.165, 1.54) is 11.1 Å². The third kappa shape index (κ3) is 9.63. The molecule has 0 radical (unpaired) electrons. The van der Waals surface area contributed by atoms with Crippen molar-refractivity contribution in [1.82, 2.24) is 0 Å². The fraction of sp³-hybridized carbons (Fsp3) is 0.333. The van der Waals surface area contributed by atoms with Gasteiger partial charge in [-0.3, -0.25) is 0 Å². The number of rotatable bonds is 14. The third-order valence-corrected chi connectivity index (χ3v) is 8.89. The number of phenols is 2. The van der Waals surface area contributed by atoms with E-state index in [2.05, 4.69) is 13.8 Å². The molecule has 0 atom stereocenters. The second-order valence-electron chi connectivity index (χ2n) is 10.8. The van der Waals surface area contributed by atoms with Crippen molar-refractivity contribution in [2.45, 2.75) is 79.1 Å². The maximum absolute atomic E-state index is 12.9. The van der Waals surface area contributed by atoms with Crippen molar-refractivity contribution in [1.29, 1.82) is 0 Å². The molecular weight excluding hydrogens is 582 g/mol. The van der Waals surface area contributed by atoms with Gasteiger partial charge in [-0.1, -0.05) is 52.0 Å². The van der Waals surface area contributed by atoms with Crippen LogP contribution in [0.5, 0.6) is 23.0 Å². The van der Waals surface area contributed by atoms with Crippen molar-refractivity contribution in [2.75, 3.05) is 0 Å². The van der Waals surface area contributed by atoms with Crippen molar-refractivity contribution in [3.8, 4) is 23.0 Å². The molecule has 0 saturated carbocycles. The molecule has 0 aliphatic heterocycles. The maximum Gasteiger partial charge on any atom is 1.00 e. The molecule has 0 unspecified atom stereocenters. The summed E-state index contributed by atoms with van der Waals surface area (Å²) in [6.07, 6.45) is 6.40. The molecule has 8 heteroatoms. The minimum atomic E-state index is -4.68. The van der Waals surface area contributed by atoms with Crippen LogP contribution in [0.2, 0.25) is 0 Å². The Morgan fingerprint density at radius 2 is 0.818 bits per heavy atom. The molecule has 0 fully saturated rings. The molecule has 0 aliphatic carbocycles. The fourth-order valence-electron chi connectivity index (χ4n) is 5.65. The monoisotopic (exact) mass is 624 g/mol.